The maximum absolute atomic E-state index is 11.2. The van der Waals surface area contributed by atoms with Crippen molar-refractivity contribution in [1.82, 2.24) is 0 Å². The number of hydrogen-bond acceptors (Lipinski definition) is 4. The largest absolute Gasteiger partial charge is 0.150 e. The molecule has 4 atom stereocenters. The van der Waals surface area contributed by atoms with Gasteiger partial charge in [0.2, 0.25) is 0 Å². The molecule has 0 aliphatic rings. The summed E-state index contributed by atoms with van der Waals surface area (Å²) in [7, 11) is 0. The number of nitrogens with zero attached hydrogens (tertiary/aromatic N) is 2. The molecule has 0 N–H and O–H groups in total. The lowest BCUT2D eigenvalue weighted by molar-refractivity contribution is 0.347. The van der Waals surface area contributed by atoms with Crippen molar-refractivity contribution in [2.75, 3.05) is 0 Å². The van der Waals surface area contributed by atoms with Crippen molar-refractivity contribution in [3.05, 3.63) is 33.1 Å². The van der Waals surface area contributed by atoms with Gasteiger partial charge >= 0.3 is 0 Å². The van der Waals surface area contributed by atoms with E-state index in [2.05, 4.69) is 64.0 Å². The lowest BCUT2D eigenvalue weighted by atomic mass is 9.88. The molecule has 0 saturated heterocycles. The Hall–Kier alpha value is -1.32. The Bertz CT molecular complexity index is 381. The minimum absolute atomic E-state index is 0.369. The SMILES string of the molecule is CC(C)=CCC[C@H](C)CC(N=O)C(C[C@@H](C)CCC=C(C)C)N=O. The van der Waals surface area contributed by atoms with E-state index in [4.69, 9.17) is 0 Å². The van der Waals surface area contributed by atoms with Gasteiger partial charge in [0.1, 0.15) is 12.1 Å². The first-order valence-electron chi connectivity index (χ1n) is 9.21. The Morgan fingerprint density at radius 3 is 1.33 bits per heavy atom. The first-order valence-corrected chi connectivity index (χ1v) is 9.21. The fourth-order valence-corrected chi connectivity index (χ4v) is 2.91. The molecule has 0 aromatic heterocycles. The Morgan fingerprint density at radius 1 is 0.750 bits per heavy atom. The summed E-state index contributed by atoms with van der Waals surface area (Å²) in [4.78, 5) is 22.5. The quantitative estimate of drug-likeness (QED) is 0.274. The Morgan fingerprint density at radius 2 is 1.08 bits per heavy atom. The number of nitroso groups, excluding NO2 is 2. The van der Waals surface area contributed by atoms with Gasteiger partial charge in [0.25, 0.3) is 0 Å². The molecule has 0 spiro atoms. The summed E-state index contributed by atoms with van der Waals surface area (Å²) >= 11 is 0. The smallest absolute Gasteiger partial charge is 0.118 e. The molecular formula is C20H36N2O2. The van der Waals surface area contributed by atoms with Crippen LogP contribution in [0.5, 0.6) is 0 Å². The summed E-state index contributed by atoms with van der Waals surface area (Å²) in [6.45, 7) is 12.6. The summed E-state index contributed by atoms with van der Waals surface area (Å²) in [5.41, 5.74) is 2.62. The number of rotatable bonds is 13. The molecule has 0 aliphatic heterocycles. The molecule has 2 unspecified atom stereocenters. The fraction of sp³-hybridized carbons (Fsp3) is 0.800. The van der Waals surface area contributed by atoms with Crippen LogP contribution in [-0.2, 0) is 0 Å². The van der Waals surface area contributed by atoms with Crippen molar-refractivity contribution in [2.45, 2.75) is 92.2 Å². The molecule has 0 fully saturated rings. The fourth-order valence-electron chi connectivity index (χ4n) is 2.91. The molecule has 0 bridgehead atoms. The van der Waals surface area contributed by atoms with Gasteiger partial charge in [0.05, 0.1) is 0 Å². The summed E-state index contributed by atoms with van der Waals surface area (Å²) < 4.78 is 0. The van der Waals surface area contributed by atoms with Crippen molar-refractivity contribution in [2.24, 2.45) is 22.2 Å². The maximum atomic E-state index is 11.2. The highest BCUT2D eigenvalue weighted by molar-refractivity contribution is 4.94. The molecule has 138 valence electrons. The van der Waals surface area contributed by atoms with E-state index >= 15 is 0 Å². The van der Waals surface area contributed by atoms with Gasteiger partial charge in [-0.15, -0.1) is 0 Å². The Labute approximate surface area is 148 Å². The van der Waals surface area contributed by atoms with Crippen LogP contribution in [0.15, 0.2) is 33.7 Å². The van der Waals surface area contributed by atoms with Gasteiger partial charge in [-0.1, -0.05) is 47.5 Å². The summed E-state index contributed by atoms with van der Waals surface area (Å²) in [6, 6.07) is -0.981. The van der Waals surface area contributed by atoms with E-state index < -0.39 is 12.1 Å². The van der Waals surface area contributed by atoms with Crippen molar-refractivity contribution < 1.29 is 0 Å². The summed E-state index contributed by atoms with van der Waals surface area (Å²) in [5, 5.41) is 6.47. The third-order valence-electron chi connectivity index (χ3n) is 4.43. The highest BCUT2D eigenvalue weighted by Gasteiger charge is 2.27. The molecule has 4 heteroatoms. The molecule has 0 rings (SSSR count). The Balaban J connectivity index is 4.46. The standard InChI is InChI=1S/C20H36N2O2/c1-15(2)9-7-11-17(5)13-19(21-23)20(22-24)14-18(6)12-8-10-16(3)4/h9-10,17-20H,7-8,11-14H2,1-6H3/t17-,18-,19?,20?/m0/s1. The highest BCUT2D eigenvalue weighted by Crippen LogP contribution is 2.24. The van der Waals surface area contributed by atoms with Crippen LogP contribution in [0.1, 0.15) is 80.1 Å². The molecule has 0 amide bonds. The molecule has 24 heavy (non-hydrogen) atoms. The van der Waals surface area contributed by atoms with E-state index in [1.807, 2.05) is 0 Å². The van der Waals surface area contributed by atoms with Gasteiger partial charge in [-0.05, 0) is 78.1 Å². The van der Waals surface area contributed by atoms with Crippen LogP contribution in [-0.4, -0.2) is 12.1 Å². The average molecular weight is 337 g/mol. The first kappa shape index (κ1) is 22.7. The van der Waals surface area contributed by atoms with Crippen LogP contribution in [0.25, 0.3) is 0 Å². The van der Waals surface area contributed by atoms with Gasteiger partial charge in [-0.2, -0.15) is 9.81 Å². The predicted molar refractivity (Wildman–Crippen MR) is 104 cm³/mol. The van der Waals surface area contributed by atoms with E-state index in [0.29, 0.717) is 24.7 Å². The van der Waals surface area contributed by atoms with Crippen molar-refractivity contribution in [3.63, 3.8) is 0 Å². The van der Waals surface area contributed by atoms with E-state index in [0.717, 1.165) is 25.7 Å². The van der Waals surface area contributed by atoms with E-state index in [-0.39, 0.29) is 0 Å². The maximum Gasteiger partial charge on any atom is 0.118 e. The van der Waals surface area contributed by atoms with Crippen LogP contribution in [0.2, 0.25) is 0 Å². The van der Waals surface area contributed by atoms with Gasteiger partial charge in [-0.25, -0.2) is 0 Å². The second-order valence-electron chi connectivity index (χ2n) is 7.74. The molecule has 0 aromatic carbocycles. The minimum Gasteiger partial charge on any atom is -0.150 e. The highest BCUT2D eigenvalue weighted by atomic mass is 16.3. The zero-order chi connectivity index (χ0) is 18.5. The molecule has 4 nitrogen and oxygen atoms in total. The minimum atomic E-state index is -0.491. The van der Waals surface area contributed by atoms with Crippen LogP contribution in [0, 0.1) is 21.6 Å². The molecule has 0 aliphatic carbocycles. The van der Waals surface area contributed by atoms with Gasteiger partial charge in [0.15, 0.2) is 0 Å². The summed E-state index contributed by atoms with van der Waals surface area (Å²) in [5.74, 6) is 0.738. The first-order chi connectivity index (χ1) is 11.3. The number of allylic oxidation sites excluding steroid dienone is 4. The normalized spacial score (nSPS) is 15.8. The molecular weight excluding hydrogens is 300 g/mol. The van der Waals surface area contributed by atoms with Gasteiger partial charge in [-0.3, -0.25) is 0 Å². The third kappa shape index (κ3) is 11.3. The molecule has 0 heterocycles. The number of hydrogen-bond donors (Lipinski definition) is 0. The van der Waals surface area contributed by atoms with Gasteiger partial charge < -0.3 is 0 Å². The van der Waals surface area contributed by atoms with Crippen LogP contribution in [0.3, 0.4) is 0 Å². The van der Waals surface area contributed by atoms with Crippen molar-refractivity contribution >= 4 is 0 Å². The monoisotopic (exact) mass is 336 g/mol. The van der Waals surface area contributed by atoms with Crippen LogP contribution >= 0.6 is 0 Å². The Kier molecular flexibility index (Phi) is 12.3. The lowest BCUT2D eigenvalue weighted by Gasteiger charge is -2.21. The van der Waals surface area contributed by atoms with Crippen LogP contribution < -0.4 is 0 Å². The van der Waals surface area contributed by atoms with Crippen molar-refractivity contribution in [1.29, 1.82) is 0 Å². The lowest BCUT2D eigenvalue weighted by Crippen LogP contribution is -2.26. The molecule has 0 radical (unpaired) electrons. The molecule has 0 saturated carbocycles. The van der Waals surface area contributed by atoms with E-state index in [1.54, 1.807) is 0 Å². The average Bonchev–Trinajstić information content (AvgIpc) is 2.49. The third-order valence-corrected chi connectivity index (χ3v) is 4.43. The second kappa shape index (κ2) is 13.0. The predicted octanol–water partition coefficient (Wildman–Crippen LogP) is 6.80. The van der Waals surface area contributed by atoms with Crippen LogP contribution in [0.4, 0.5) is 0 Å². The topological polar surface area (TPSA) is 58.9 Å². The second-order valence-corrected chi connectivity index (χ2v) is 7.74. The van der Waals surface area contributed by atoms with E-state index in [1.165, 1.54) is 11.1 Å². The summed E-state index contributed by atoms with van der Waals surface area (Å²) in [6.07, 6.45) is 9.76. The van der Waals surface area contributed by atoms with E-state index in [9.17, 15) is 9.81 Å². The molecule has 0 aromatic rings. The van der Waals surface area contributed by atoms with Gasteiger partial charge in [0, 0.05) is 0 Å². The van der Waals surface area contributed by atoms with Crippen molar-refractivity contribution in [3.8, 4) is 0 Å². The zero-order valence-corrected chi connectivity index (χ0v) is 16.4. The zero-order valence-electron chi connectivity index (χ0n) is 16.4.